The highest BCUT2D eigenvalue weighted by Crippen LogP contribution is 2.18. The number of anilines is 1. The lowest BCUT2D eigenvalue weighted by molar-refractivity contribution is 0.102. The Bertz CT molecular complexity index is 866. The predicted octanol–water partition coefficient (Wildman–Crippen LogP) is 2.59. The monoisotopic (exact) mass is 295 g/mol. The second-order valence-corrected chi connectivity index (χ2v) is 4.73. The van der Waals surface area contributed by atoms with Gasteiger partial charge in [-0.05, 0) is 36.8 Å². The number of aryl methyl sites for hydroxylation is 1. The Kier molecular flexibility index (Phi) is 3.57. The van der Waals surface area contributed by atoms with Gasteiger partial charge in [-0.25, -0.2) is 4.79 Å². The number of hydrogen-bond acceptors (Lipinski definition) is 4. The van der Waals surface area contributed by atoms with Crippen molar-refractivity contribution in [1.82, 2.24) is 9.97 Å². The summed E-state index contributed by atoms with van der Waals surface area (Å²) in [6.07, 6.45) is 1.49. The number of amides is 1. The lowest BCUT2D eigenvalue weighted by atomic mass is 10.2. The zero-order valence-electron chi connectivity index (χ0n) is 11.8. The molecule has 22 heavy (non-hydrogen) atoms. The van der Waals surface area contributed by atoms with Crippen molar-refractivity contribution >= 4 is 11.6 Å². The zero-order valence-corrected chi connectivity index (χ0v) is 11.8. The van der Waals surface area contributed by atoms with E-state index in [9.17, 15) is 9.59 Å². The van der Waals surface area contributed by atoms with E-state index in [0.717, 1.165) is 5.56 Å². The van der Waals surface area contributed by atoms with Crippen LogP contribution >= 0.6 is 0 Å². The average Bonchev–Trinajstić information content (AvgIpc) is 3.03. The Morgan fingerprint density at radius 2 is 2.05 bits per heavy atom. The predicted molar refractivity (Wildman–Crippen MR) is 81.7 cm³/mol. The fourth-order valence-electron chi connectivity index (χ4n) is 2.04. The van der Waals surface area contributed by atoms with E-state index in [2.05, 4.69) is 15.3 Å². The van der Waals surface area contributed by atoms with Gasteiger partial charge in [0.15, 0.2) is 0 Å². The van der Waals surface area contributed by atoms with Crippen LogP contribution in [0.25, 0.3) is 11.5 Å². The van der Waals surface area contributed by atoms with E-state index in [-0.39, 0.29) is 5.69 Å². The third-order valence-corrected chi connectivity index (χ3v) is 3.16. The largest absolute Gasteiger partial charge is 0.463 e. The third-order valence-electron chi connectivity index (χ3n) is 3.16. The number of furan rings is 1. The van der Waals surface area contributed by atoms with Gasteiger partial charge in [-0.2, -0.15) is 4.98 Å². The lowest BCUT2D eigenvalue weighted by Crippen LogP contribution is -2.21. The number of benzene rings is 1. The molecule has 0 unspecified atom stereocenters. The standard InChI is InChI=1S/C16H13N3O3/c1-10-5-2-3-6-11(10)17-15(20)13-9-12(18-16(21)19-13)14-7-4-8-22-14/h2-9H,1H3,(H,17,20)(H,18,19,21). The Labute approximate surface area is 125 Å². The third kappa shape index (κ3) is 2.80. The van der Waals surface area contributed by atoms with E-state index in [1.165, 1.54) is 12.3 Å². The Hall–Kier alpha value is -3.15. The van der Waals surface area contributed by atoms with Crippen LogP contribution < -0.4 is 11.0 Å². The first-order chi connectivity index (χ1) is 10.6. The van der Waals surface area contributed by atoms with Gasteiger partial charge >= 0.3 is 5.69 Å². The summed E-state index contributed by atoms with van der Waals surface area (Å²) in [5.41, 5.74) is 1.42. The maximum atomic E-state index is 12.3. The van der Waals surface area contributed by atoms with Crippen LogP contribution in [0.3, 0.4) is 0 Å². The maximum absolute atomic E-state index is 12.3. The Balaban J connectivity index is 1.93. The molecule has 0 aliphatic heterocycles. The maximum Gasteiger partial charge on any atom is 0.346 e. The highest BCUT2D eigenvalue weighted by Gasteiger charge is 2.13. The second-order valence-electron chi connectivity index (χ2n) is 4.73. The molecule has 0 bridgehead atoms. The molecule has 0 fully saturated rings. The van der Waals surface area contributed by atoms with Crippen molar-refractivity contribution in [2.45, 2.75) is 6.92 Å². The van der Waals surface area contributed by atoms with Gasteiger partial charge in [-0.3, -0.25) is 4.79 Å². The molecule has 0 radical (unpaired) electrons. The van der Waals surface area contributed by atoms with E-state index in [1.807, 2.05) is 25.1 Å². The first-order valence-corrected chi connectivity index (χ1v) is 6.66. The summed E-state index contributed by atoms with van der Waals surface area (Å²) < 4.78 is 5.22. The molecule has 110 valence electrons. The molecule has 3 aromatic rings. The summed E-state index contributed by atoms with van der Waals surface area (Å²) in [4.78, 5) is 30.2. The first kappa shape index (κ1) is 13.8. The summed E-state index contributed by atoms with van der Waals surface area (Å²) in [7, 11) is 0. The number of rotatable bonds is 3. The Morgan fingerprint density at radius 3 is 2.77 bits per heavy atom. The van der Waals surface area contributed by atoms with Crippen LogP contribution in [0, 0.1) is 6.92 Å². The molecule has 2 heterocycles. The molecule has 2 aromatic heterocycles. The zero-order chi connectivity index (χ0) is 15.5. The minimum atomic E-state index is -0.608. The molecular weight excluding hydrogens is 282 g/mol. The van der Waals surface area contributed by atoms with Gasteiger partial charge in [-0.15, -0.1) is 0 Å². The number of carbonyl (C=O) groups is 1. The number of nitrogens with zero attached hydrogens (tertiary/aromatic N) is 1. The molecule has 6 nitrogen and oxygen atoms in total. The van der Waals surface area contributed by atoms with Crippen LogP contribution in [0.1, 0.15) is 16.1 Å². The molecule has 6 heteroatoms. The van der Waals surface area contributed by atoms with Gasteiger partial charge in [0.25, 0.3) is 5.91 Å². The van der Waals surface area contributed by atoms with Crippen molar-refractivity contribution in [3.63, 3.8) is 0 Å². The number of nitrogens with one attached hydrogen (secondary N) is 2. The topological polar surface area (TPSA) is 88.0 Å². The summed E-state index contributed by atoms with van der Waals surface area (Å²) in [6, 6.07) is 12.2. The summed E-state index contributed by atoms with van der Waals surface area (Å²) >= 11 is 0. The van der Waals surface area contributed by atoms with E-state index >= 15 is 0 Å². The minimum absolute atomic E-state index is 0.0263. The number of H-pyrrole nitrogens is 1. The quantitative estimate of drug-likeness (QED) is 0.777. The van der Waals surface area contributed by atoms with Crippen LogP contribution in [0.2, 0.25) is 0 Å². The molecule has 0 aliphatic carbocycles. The highest BCUT2D eigenvalue weighted by molar-refractivity contribution is 6.03. The molecular formula is C16H13N3O3. The van der Waals surface area contributed by atoms with Gasteiger partial charge < -0.3 is 14.7 Å². The van der Waals surface area contributed by atoms with Crippen molar-refractivity contribution in [1.29, 1.82) is 0 Å². The first-order valence-electron chi connectivity index (χ1n) is 6.66. The number of hydrogen-bond donors (Lipinski definition) is 2. The number of carbonyl (C=O) groups excluding carboxylic acids is 1. The minimum Gasteiger partial charge on any atom is -0.463 e. The van der Waals surface area contributed by atoms with E-state index < -0.39 is 11.6 Å². The highest BCUT2D eigenvalue weighted by atomic mass is 16.3. The number of aromatic nitrogens is 2. The van der Waals surface area contributed by atoms with E-state index in [0.29, 0.717) is 17.1 Å². The van der Waals surface area contributed by atoms with Crippen LogP contribution in [0.4, 0.5) is 5.69 Å². The molecule has 0 atom stereocenters. The van der Waals surface area contributed by atoms with Crippen LogP contribution in [-0.4, -0.2) is 15.9 Å². The van der Waals surface area contributed by atoms with Crippen LogP contribution in [-0.2, 0) is 0 Å². The summed E-state index contributed by atoms with van der Waals surface area (Å²) in [6.45, 7) is 1.88. The molecule has 0 spiro atoms. The van der Waals surface area contributed by atoms with Gasteiger partial charge in [0, 0.05) is 5.69 Å². The van der Waals surface area contributed by atoms with E-state index in [1.54, 1.807) is 18.2 Å². The van der Waals surface area contributed by atoms with Crippen molar-refractivity contribution in [3.05, 3.63) is 70.5 Å². The van der Waals surface area contributed by atoms with Gasteiger partial charge in [0.1, 0.15) is 11.5 Å². The lowest BCUT2D eigenvalue weighted by Gasteiger charge is -2.07. The fourth-order valence-corrected chi connectivity index (χ4v) is 2.04. The molecule has 1 aromatic carbocycles. The van der Waals surface area contributed by atoms with Crippen LogP contribution in [0.15, 0.2) is 57.9 Å². The van der Waals surface area contributed by atoms with Gasteiger partial charge in [0.05, 0.1) is 12.0 Å². The smallest absolute Gasteiger partial charge is 0.346 e. The molecule has 3 rings (SSSR count). The van der Waals surface area contributed by atoms with Crippen molar-refractivity contribution in [2.75, 3.05) is 5.32 Å². The fraction of sp³-hybridized carbons (Fsp3) is 0.0625. The molecule has 0 saturated carbocycles. The average molecular weight is 295 g/mol. The van der Waals surface area contributed by atoms with E-state index in [4.69, 9.17) is 4.42 Å². The normalized spacial score (nSPS) is 10.4. The SMILES string of the molecule is Cc1ccccc1NC(=O)c1cc(-c2ccco2)[nH]c(=O)n1. The van der Waals surface area contributed by atoms with Crippen molar-refractivity contribution in [2.24, 2.45) is 0 Å². The Morgan fingerprint density at radius 1 is 1.23 bits per heavy atom. The number of para-hydroxylation sites is 1. The summed E-state index contributed by atoms with van der Waals surface area (Å²) in [5.74, 6) is 0.0117. The molecule has 0 saturated heterocycles. The number of aromatic amines is 1. The molecule has 0 aliphatic rings. The van der Waals surface area contributed by atoms with Crippen molar-refractivity contribution < 1.29 is 9.21 Å². The molecule has 2 N–H and O–H groups in total. The van der Waals surface area contributed by atoms with Crippen molar-refractivity contribution in [3.8, 4) is 11.5 Å². The second kappa shape index (κ2) is 5.69. The van der Waals surface area contributed by atoms with Crippen LogP contribution in [0.5, 0.6) is 0 Å². The van der Waals surface area contributed by atoms with Gasteiger partial charge in [-0.1, -0.05) is 18.2 Å². The molecule has 1 amide bonds. The van der Waals surface area contributed by atoms with Gasteiger partial charge in [0.2, 0.25) is 0 Å². The summed E-state index contributed by atoms with van der Waals surface area (Å²) in [5, 5.41) is 2.74.